The van der Waals surface area contributed by atoms with Crippen LogP contribution < -0.4 is 10.9 Å². The van der Waals surface area contributed by atoms with Crippen LogP contribution in [0.3, 0.4) is 0 Å². The molecule has 1 N–H and O–H groups in total. The highest BCUT2D eigenvalue weighted by Gasteiger charge is 2.04. The number of fused-ring (bicyclic) bond motifs is 1. The average molecular weight is 294 g/mol. The topological polar surface area (TPSA) is 50.2 Å². The average Bonchev–Trinajstić information content (AvgIpc) is 2.94. The Morgan fingerprint density at radius 3 is 2.90 bits per heavy atom. The van der Waals surface area contributed by atoms with Crippen molar-refractivity contribution in [3.8, 4) is 0 Å². The Kier molecular flexibility index (Phi) is 5.70. The van der Waals surface area contributed by atoms with Crippen molar-refractivity contribution in [2.75, 3.05) is 32.7 Å². The zero-order valence-corrected chi connectivity index (χ0v) is 12.9. The van der Waals surface area contributed by atoms with E-state index in [-0.39, 0.29) is 5.56 Å². The quantitative estimate of drug-likeness (QED) is 0.748. The van der Waals surface area contributed by atoms with Crippen molar-refractivity contribution in [1.29, 1.82) is 0 Å². The van der Waals surface area contributed by atoms with Crippen molar-refractivity contribution >= 4 is 21.6 Å². The van der Waals surface area contributed by atoms with Gasteiger partial charge in [0.1, 0.15) is 4.70 Å². The van der Waals surface area contributed by atoms with Gasteiger partial charge in [-0.05, 0) is 24.5 Å². The molecule has 0 unspecified atom stereocenters. The lowest BCUT2D eigenvalue weighted by Crippen LogP contribution is -2.34. The number of nitrogens with zero attached hydrogens (tertiary/aromatic N) is 3. The summed E-state index contributed by atoms with van der Waals surface area (Å²) in [6, 6.07) is 1.88. The van der Waals surface area contributed by atoms with Gasteiger partial charge in [0.2, 0.25) is 0 Å². The van der Waals surface area contributed by atoms with Crippen molar-refractivity contribution in [3.05, 3.63) is 28.1 Å². The van der Waals surface area contributed by atoms with Crippen LogP contribution in [0, 0.1) is 0 Å². The third-order valence-electron chi connectivity index (χ3n) is 3.46. The van der Waals surface area contributed by atoms with Gasteiger partial charge < -0.3 is 10.2 Å². The SMILES string of the molecule is CCN(CC)CCNCCn1cnc2ccsc2c1=O. The number of thiophene rings is 1. The summed E-state index contributed by atoms with van der Waals surface area (Å²) < 4.78 is 2.43. The molecule has 5 nitrogen and oxygen atoms in total. The monoisotopic (exact) mass is 294 g/mol. The highest BCUT2D eigenvalue weighted by molar-refractivity contribution is 7.17. The van der Waals surface area contributed by atoms with Gasteiger partial charge in [-0.15, -0.1) is 11.3 Å². The molecule has 20 heavy (non-hydrogen) atoms. The van der Waals surface area contributed by atoms with Crippen LogP contribution in [0.25, 0.3) is 10.2 Å². The molecule has 0 aliphatic rings. The maximum atomic E-state index is 12.2. The predicted octanol–water partition coefficient (Wildman–Crippen LogP) is 1.39. The van der Waals surface area contributed by atoms with E-state index in [2.05, 4.69) is 29.0 Å². The van der Waals surface area contributed by atoms with E-state index >= 15 is 0 Å². The number of rotatable bonds is 8. The number of hydrogen-bond acceptors (Lipinski definition) is 5. The fraction of sp³-hybridized carbons (Fsp3) is 0.571. The molecule has 0 aromatic carbocycles. The third-order valence-corrected chi connectivity index (χ3v) is 4.36. The normalized spacial score (nSPS) is 11.6. The van der Waals surface area contributed by atoms with Gasteiger partial charge in [0, 0.05) is 26.2 Å². The van der Waals surface area contributed by atoms with E-state index in [1.54, 1.807) is 10.9 Å². The Morgan fingerprint density at radius 1 is 1.35 bits per heavy atom. The largest absolute Gasteiger partial charge is 0.314 e. The van der Waals surface area contributed by atoms with Gasteiger partial charge in [-0.25, -0.2) is 4.98 Å². The first-order valence-electron chi connectivity index (χ1n) is 7.12. The van der Waals surface area contributed by atoms with E-state index in [0.717, 1.165) is 42.9 Å². The smallest absolute Gasteiger partial charge is 0.271 e. The minimum Gasteiger partial charge on any atom is -0.314 e. The summed E-state index contributed by atoms with van der Waals surface area (Å²) in [7, 11) is 0. The molecule has 0 atom stereocenters. The molecular weight excluding hydrogens is 272 g/mol. The van der Waals surface area contributed by atoms with Gasteiger partial charge in [-0.2, -0.15) is 0 Å². The van der Waals surface area contributed by atoms with E-state index in [9.17, 15) is 4.79 Å². The minimum atomic E-state index is 0.0653. The van der Waals surface area contributed by atoms with Gasteiger partial charge in [0.05, 0.1) is 11.8 Å². The lowest BCUT2D eigenvalue weighted by Gasteiger charge is -2.18. The van der Waals surface area contributed by atoms with E-state index in [4.69, 9.17) is 0 Å². The molecule has 0 saturated heterocycles. The summed E-state index contributed by atoms with van der Waals surface area (Å²) in [5.74, 6) is 0. The number of nitrogens with one attached hydrogen (secondary N) is 1. The molecule has 6 heteroatoms. The fourth-order valence-electron chi connectivity index (χ4n) is 2.14. The van der Waals surface area contributed by atoms with Gasteiger partial charge >= 0.3 is 0 Å². The summed E-state index contributed by atoms with van der Waals surface area (Å²) in [6.07, 6.45) is 1.64. The second-order valence-electron chi connectivity index (χ2n) is 4.65. The molecule has 2 heterocycles. The molecule has 0 aliphatic heterocycles. The second-order valence-corrected chi connectivity index (χ2v) is 5.57. The van der Waals surface area contributed by atoms with Gasteiger partial charge in [-0.1, -0.05) is 13.8 Å². The van der Waals surface area contributed by atoms with E-state index in [0.29, 0.717) is 6.54 Å². The first-order valence-corrected chi connectivity index (χ1v) is 8.00. The van der Waals surface area contributed by atoms with Crippen LogP contribution in [0.1, 0.15) is 13.8 Å². The molecule has 0 amide bonds. The van der Waals surface area contributed by atoms with Crippen LogP contribution in [0.4, 0.5) is 0 Å². The number of hydrogen-bond donors (Lipinski definition) is 1. The summed E-state index contributed by atoms with van der Waals surface area (Å²) in [6.45, 7) is 9.95. The fourth-order valence-corrected chi connectivity index (χ4v) is 2.93. The van der Waals surface area contributed by atoms with Crippen molar-refractivity contribution in [3.63, 3.8) is 0 Å². The zero-order valence-electron chi connectivity index (χ0n) is 12.1. The first kappa shape index (κ1) is 15.2. The maximum Gasteiger partial charge on any atom is 0.271 e. The van der Waals surface area contributed by atoms with Crippen LogP contribution in [-0.2, 0) is 6.54 Å². The Bertz CT molecular complexity index is 588. The van der Waals surface area contributed by atoms with Gasteiger partial charge in [0.25, 0.3) is 5.56 Å². The van der Waals surface area contributed by atoms with Crippen molar-refractivity contribution in [2.24, 2.45) is 0 Å². The van der Waals surface area contributed by atoms with E-state index in [1.807, 2.05) is 11.4 Å². The second kappa shape index (κ2) is 7.52. The molecule has 110 valence electrons. The molecule has 2 rings (SSSR count). The van der Waals surface area contributed by atoms with Gasteiger partial charge in [-0.3, -0.25) is 9.36 Å². The van der Waals surface area contributed by atoms with Crippen LogP contribution in [0.15, 0.2) is 22.6 Å². The Hall–Kier alpha value is -1.24. The standard InChI is InChI=1S/C14H22N4OS/c1-3-17(4-2)8-6-15-7-9-18-11-16-12-5-10-20-13(12)14(18)19/h5,10-11,15H,3-4,6-9H2,1-2H3. The molecule has 2 aromatic rings. The zero-order chi connectivity index (χ0) is 14.4. The Labute approximate surface area is 123 Å². The van der Waals surface area contributed by atoms with Crippen LogP contribution in [0.2, 0.25) is 0 Å². The van der Waals surface area contributed by atoms with Crippen LogP contribution in [-0.4, -0.2) is 47.2 Å². The third kappa shape index (κ3) is 3.65. The summed E-state index contributed by atoms with van der Waals surface area (Å²) >= 11 is 1.46. The molecular formula is C14H22N4OS. The molecule has 0 saturated carbocycles. The molecule has 0 spiro atoms. The molecule has 0 radical (unpaired) electrons. The summed E-state index contributed by atoms with van der Waals surface area (Å²) in [4.78, 5) is 18.8. The minimum absolute atomic E-state index is 0.0653. The maximum absolute atomic E-state index is 12.2. The predicted molar refractivity (Wildman–Crippen MR) is 84.5 cm³/mol. The van der Waals surface area contributed by atoms with Crippen molar-refractivity contribution in [2.45, 2.75) is 20.4 Å². The lowest BCUT2D eigenvalue weighted by atomic mass is 10.4. The van der Waals surface area contributed by atoms with Crippen molar-refractivity contribution in [1.82, 2.24) is 19.8 Å². The van der Waals surface area contributed by atoms with Crippen molar-refractivity contribution < 1.29 is 0 Å². The lowest BCUT2D eigenvalue weighted by molar-refractivity contribution is 0.302. The summed E-state index contributed by atoms with van der Waals surface area (Å²) in [5, 5.41) is 5.28. The highest BCUT2D eigenvalue weighted by Crippen LogP contribution is 2.12. The van der Waals surface area contributed by atoms with Crippen LogP contribution in [0.5, 0.6) is 0 Å². The number of likely N-dealkylation sites (N-methyl/N-ethyl adjacent to an activating group) is 1. The van der Waals surface area contributed by atoms with E-state index < -0.39 is 0 Å². The first-order chi connectivity index (χ1) is 9.76. The van der Waals surface area contributed by atoms with Crippen LogP contribution >= 0.6 is 11.3 Å². The summed E-state index contributed by atoms with van der Waals surface area (Å²) in [5.41, 5.74) is 0.862. The molecule has 0 fully saturated rings. The molecule has 0 bridgehead atoms. The number of aromatic nitrogens is 2. The molecule has 0 aliphatic carbocycles. The molecule has 2 aromatic heterocycles. The van der Waals surface area contributed by atoms with Gasteiger partial charge in [0.15, 0.2) is 0 Å². The van der Waals surface area contributed by atoms with E-state index in [1.165, 1.54) is 11.3 Å². The Balaban J connectivity index is 1.81. The highest BCUT2D eigenvalue weighted by atomic mass is 32.1. The Morgan fingerprint density at radius 2 is 2.15 bits per heavy atom.